The van der Waals surface area contributed by atoms with Crippen molar-refractivity contribution in [3.8, 4) is 0 Å². The molecular weight excluding hydrogens is 232 g/mol. The quantitative estimate of drug-likeness (QED) is 0.775. The number of carbonyl (C=O) groups is 1. The first-order valence-corrected chi connectivity index (χ1v) is 6.94. The van der Waals surface area contributed by atoms with Crippen LogP contribution in [0.15, 0.2) is 0 Å². The Morgan fingerprint density at radius 1 is 1.22 bits per heavy atom. The van der Waals surface area contributed by atoms with Crippen molar-refractivity contribution < 1.29 is 14.6 Å². The Hall–Kier alpha value is -0.650. The van der Waals surface area contributed by atoms with E-state index in [1.165, 1.54) is 0 Å². The van der Waals surface area contributed by atoms with E-state index in [9.17, 15) is 9.90 Å². The summed E-state index contributed by atoms with van der Waals surface area (Å²) < 4.78 is 5.80. The molecule has 3 aliphatic heterocycles. The number of piperazine rings is 1. The third-order valence-electron chi connectivity index (χ3n) is 4.77. The number of rotatable bonds is 3. The van der Waals surface area contributed by atoms with E-state index in [0.29, 0.717) is 0 Å². The smallest absolute Gasteiger partial charge is 0.309 e. The summed E-state index contributed by atoms with van der Waals surface area (Å²) in [6.07, 6.45) is 2.15. The fourth-order valence-corrected chi connectivity index (χ4v) is 3.68. The van der Waals surface area contributed by atoms with Crippen LogP contribution in [0.1, 0.15) is 12.8 Å². The average molecular weight is 254 g/mol. The molecule has 18 heavy (non-hydrogen) atoms. The van der Waals surface area contributed by atoms with Gasteiger partial charge in [0, 0.05) is 38.6 Å². The van der Waals surface area contributed by atoms with Gasteiger partial charge in [0.2, 0.25) is 0 Å². The van der Waals surface area contributed by atoms with E-state index in [1.807, 2.05) is 0 Å². The third kappa shape index (κ3) is 2.15. The van der Waals surface area contributed by atoms with Gasteiger partial charge in [-0.15, -0.1) is 0 Å². The summed E-state index contributed by atoms with van der Waals surface area (Å²) in [6, 6.07) is 0. The zero-order valence-electron chi connectivity index (χ0n) is 10.9. The van der Waals surface area contributed by atoms with Gasteiger partial charge < -0.3 is 19.6 Å². The maximum Gasteiger partial charge on any atom is 0.309 e. The lowest BCUT2D eigenvalue weighted by Crippen LogP contribution is -2.49. The fraction of sp³-hybridized carbons (Fsp3) is 0.923. The van der Waals surface area contributed by atoms with Crippen LogP contribution < -0.4 is 0 Å². The monoisotopic (exact) mass is 254 g/mol. The zero-order valence-corrected chi connectivity index (χ0v) is 10.9. The molecule has 0 aromatic carbocycles. The summed E-state index contributed by atoms with van der Waals surface area (Å²) in [5.41, 5.74) is 0. The summed E-state index contributed by atoms with van der Waals surface area (Å²) in [5, 5.41) is 9.37. The number of fused-ring (bicyclic) bond motifs is 2. The molecule has 0 unspecified atom stereocenters. The summed E-state index contributed by atoms with van der Waals surface area (Å²) >= 11 is 0. The molecule has 0 aliphatic carbocycles. The van der Waals surface area contributed by atoms with E-state index < -0.39 is 5.97 Å². The second-order valence-electron chi connectivity index (χ2n) is 5.92. The third-order valence-corrected chi connectivity index (χ3v) is 4.77. The van der Waals surface area contributed by atoms with E-state index in [0.717, 1.165) is 45.6 Å². The molecule has 3 aliphatic rings. The van der Waals surface area contributed by atoms with Gasteiger partial charge >= 0.3 is 5.97 Å². The van der Waals surface area contributed by atoms with Crippen LogP contribution in [-0.2, 0) is 9.53 Å². The fourth-order valence-electron chi connectivity index (χ4n) is 3.68. The number of ether oxygens (including phenoxy) is 1. The largest absolute Gasteiger partial charge is 0.481 e. The van der Waals surface area contributed by atoms with Crippen LogP contribution in [0.5, 0.6) is 0 Å². The Morgan fingerprint density at radius 3 is 2.56 bits per heavy atom. The maximum atomic E-state index is 11.4. The van der Waals surface area contributed by atoms with Gasteiger partial charge in [-0.3, -0.25) is 4.79 Å². The van der Waals surface area contributed by atoms with Crippen LogP contribution in [0.4, 0.5) is 0 Å². The second kappa shape index (κ2) is 4.79. The van der Waals surface area contributed by atoms with Gasteiger partial charge in [0.15, 0.2) is 0 Å². The van der Waals surface area contributed by atoms with Crippen LogP contribution in [0, 0.1) is 11.8 Å². The highest BCUT2D eigenvalue weighted by molar-refractivity contribution is 5.72. The molecule has 3 rings (SSSR count). The summed E-state index contributed by atoms with van der Waals surface area (Å²) in [4.78, 5) is 16.1. The Kier molecular flexibility index (Phi) is 3.30. The normalized spacial score (nSPS) is 41.4. The first-order chi connectivity index (χ1) is 8.65. The lowest BCUT2D eigenvalue weighted by molar-refractivity contribution is -0.145. The number of carboxylic acid groups (broad SMARTS) is 1. The average Bonchev–Trinajstić information content (AvgIpc) is 2.92. The number of nitrogens with zero attached hydrogens (tertiary/aromatic N) is 2. The molecule has 3 heterocycles. The first kappa shape index (κ1) is 12.4. The van der Waals surface area contributed by atoms with Crippen molar-refractivity contribution in [1.82, 2.24) is 9.80 Å². The Labute approximate surface area is 108 Å². The van der Waals surface area contributed by atoms with Crippen molar-refractivity contribution in [3.05, 3.63) is 0 Å². The minimum absolute atomic E-state index is 0.0232. The lowest BCUT2D eigenvalue weighted by Gasteiger charge is -2.36. The van der Waals surface area contributed by atoms with Crippen LogP contribution >= 0.6 is 0 Å². The van der Waals surface area contributed by atoms with Crippen LogP contribution in [-0.4, -0.2) is 72.9 Å². The number of likely N-dealkylation sites (N-methyl/N-ethyl adjacent to an activating group) is 1. The van der Waals surface area contributed by atoms with E-state index in [4.69, 9.17) is 4.74 Å². The van der Waals surface area contributed by atoms with E-state index in [-0.39, 0.29) is 24.0 Å². The van der Waals surface area contributed by atoms with Gasteiger partial charge in [0.05, 0.1) is 18.1 Å². The minimum Gasteiger partial charge on any atom is -0.481 e. The first-order valence-electron chi connectivity index (χ1n) is 6.94. The zero-order chi connectivity index (χ0) is 12.7. The molecule has 1 N–H and O–H groups in total. The van der Waals surface area contributed by atoms with Crippen LogP contribution in [0.3, 0.4) is 0 Å². The number of carboxylic acids is 1. The van der Waals surface area contributed by atoms with Crippen LogP contribution in [0.25, 0.3) is 0 Å². The van der Waals surface area contributed by atoms with Crippen molar-refractivity contribution in [2.24, 2.45) is 11.8 Å². The molecule has 0 aromatic rings. The molecule has 4 atom stereocenters. The Bertz CT molecular complexity index is 328. The summed E-state index contributed by atoms with van der Waals surface area (Å²) in [6.45, 7) is 5.16. The van der Waals surface area contributed by atoms with Gasteiger partial charge in [-0.25, -0.2) is 0 Å². The molecule has 0 radical (unpaired) electrons. The minimum atomic E-state index is -0.665. The highest BCUT2D eigenvalue weighted by atomic mass is 16.5. The lowest BCUT2D eigenvalue weighted by atomic mass is 9.79. The SMILES string of the molecule is CN1CCN(C[C@@H]2[C@H](C(=O)O)[C@H]3CC[C@@H]2O3)CC1. The van der Waals surface area contributed by atoms with Gasteiger partial charge in [0.1, 0.15) is 0 Å². The summed E-state index contributed by atoms with van der Waals surface area (Å²) in [7, 11) is 2.14. The van der Waals surface area contributed by atoms with Gasteiger partial charge in [0.25, 0.3) is 0 Å². The van der Waals surface area contributed by atoms with E-state index in [1.54, 1.807) is 0 Å². The van der Waals surface area contributed by atoms with Crippen molar-refractivity contribution >= 4 is 5.97 Å². The van der Waals surface area contributed by atoms with Crippen molar-refractivity contribution in [2.45, 2.75) is 25.0 Å². The predicted molar refractivity (Wildman–Crippen MR) is 66.4 cm³/mol. The highest BCUT2D eigenvalue weighted by Crippen LogP contribution is 2.43. The van der Waals surface area contributed by atoms with Gasteiger partial charge in [-0.05, 0) is 19.9 Å². The van der Waals surface area contributed by atoms with Gasteiger partial charge in [-0.2, -0.15) is 0 Å². The predicted octanol–water partition coefficient (Wildman–Crippen LogP) is 0.112. The standard InChI is InChI=1S/C13H22N2O3/c1-14-4-6-15(7-5-14)8-9-10-2-3-11(18-10)12(9)13(16)17/h9-12H,2-8H2,1H3,(H,16,17)/t9-,10-,11+,12-/m0/s1. The second-order valence-corrected chi connectivity index (χ2v) is 5.92. The maximum absolute atomic E-state index is 11.4. The molecule has 5 heteroatoms. The van der Waals surface area contributed by atoms with Crippen molar-refractivity contribution in [1.29, 1.82) is 0 Å². The molecule has 2 bridgehead atoms. The Morgan fingerprint density at radius 2 is 1.89 bits per heavy atom. The molecule has 0 saturated carbocycles. The highest BCUT2D eigenvalue weighted by Gasteiger charge is 2.52. The number of aliphatic carboxylic acids is 1. The van der Waals surface area contributed by atoms with Crippen molar-refractivity contribution in [2.75, 3.05) is 39.8 Å². The molecule has 5 nitrogen and oxygen atoms in total. The van der Waals surface area contributed by atoms with E-state index in [2.05, 4.69) is 16.8 Å². The van der Waals surface area contributed by atoms with Gasteiger partial charge in [-0.1, -0.05) is 0 Å². The molecule has 0 spiro atoms. The van der Waals surface area contributed by atoms with Crippen LogP contribution in [0.2, 0.25) is 0 Å². The molecule has 0 amide bonds. The molecular formula is C13H22N2O3. The van der Waals surface area contributed by atoms with E-state index >= 15 is 0 Å². The number of hydrogen-bond acceptors (Lipinski definition) is 4. The topological polar surface area (TPSA) is 53.0 Å². The molecule has 102 valence electrons. The molecule has 3 fully saturated rings. The summed E-state index contributed by atoms with van der Waals surface area (Å²) in [5.74, 6) is -0.741. The van der Waals surface area contributed by atoms with Crippen molar-refractivity contribution in [3.63, 3.8) is 0 Å². The number of hydrogen-bond donors (Lipinski definition) is 1. The molecule has 0 aromatic heterocycles. The molecule has 3 saturated heterocycles. The Balaban J connectivity index is 1.62.